The molecule has 0 aliphatic carbocycles. The predicted octanol–water partition coefficient (Wildman–Crippen LogP) is -0.178. The van der Waals surface area contributed by atoms with Gasteiger partial charge in [0, 0.05) is 5.38 Å². The van der Waals surface area contributed by atoms with Crippen LogP contribution in [0.2, 0.25) is 0 Å². The van der Waals surface area contributed by atoms with Crippen molar-refractivity contribution in [2.24, 2.45) is 17.9 Å². The van der Waals surface area contributed by atoms with Gasteiger partial charge < -0.3 is 36.0 Å². The molecule has 0 spiro atoms. The molecule has 5 rings (SSSR count). The number of carboxylic acids is 1. The summed E-state index contributed by atoms with van der Waals surface area (Å²) >= 11 is 0.966. The van der Waals surface area contributed by atoms with E-state index in [-0.39, 0.29) is 17.2 Å². The molecule has 4 heterocycles. The molecule has 2 amide bonds. The number of aryl methyl sites for hydroxylation is 3. The normalized spacial score (nSPS) is 20.1. The largest absolute Gasteiger partial charge is 0.724 e. The Hall–Kier alpha value is -4.63. The number of nitrogens with one attached hydrogen (secondary N) is 1. The van der Waals surface area contributed by atoms with E-state index in [2.05, 4.69) is 24.4 Å². The number of carbonyl (C=O) groups is 3. The van der Waals surface area contributed by atoms with Gasteiger partial charge in [0.2, 0.25) is 16.6 Å². The molecule has 3 atom stereocenters. The van der Waals surface area contributed by atoms with Crippen LogP contribution in [-0.4, -0.2) is 86.1 Å². The van der Waals surface area contributed by atoms with Crippen LogP contribution < -0.4 is 26.2 Å². The van der Waals surface area contributed by atoms with Crippen LogP contribution in [0.25, 0.3) is 11.1 Å². The third-order valence-electron chi connectivity index (χ3n) is 8.41. The summed E-state index contributed by atoms with van der Waals surface area (Å²) in [6.07, 6.45) is 4.52. The van der Waals surface area contributed by atoms with Crippen molar-refractivity contribution >= 4 is 50.4 Å². The lowest BCUT2D eigenvalue weighted by Gasteiger charge is -2.51. The maximum atomic E-state index is 13.5. The Morgan fingerprint density at radius 2 is 2.08 bits per heavy atom. The molecule has 49 heavy (non-hydrogen) atoms. The van der Waals surface area contributed by atoms with Crippen molar-refractivity contribution in [3.05, 3.63) is 47.2 Å². The maximum Gasteiger partial charge on any atom is 0.354 e. The van der Waals surface area contributed by atoms with Crippen LogP contribution in [0.3, 0.4) is 0 Å². The van der Waals surface area contributed by atoms with Gasteiger partial charge in [-0.3, -0.25) is 9.59 Å². The SMILES string of the molecule is C[n+]1cc(-c2ccc3c(c2)CC[C@H]([C@](C)(O/N=C(\C(=O)N[C@@H]2C(=O)N(OS(=O)(=O)[O-])C2(C)C)c2csc(N)n2)C(=O)O)O3)cn1CCCN. The van der Waals surface area contributed by atoms with Crippen LogP contribution in [0.1, 0.15) is 44.9 Å². The number of carbonyl (C=O) groups excluding carboxylic acids is 2. The number of β-lactam (4-membered cyclic amide) rings is 1. The van der Waals surface area contributed by atoms with E-state index in [1.165, 1.54) is 26.2 Å². The van der Waals surface area contributed by atoms with E-state index >= 15 is 0 Å². The second-order valence-corrected chi connectivity index (χ2v) is 14.1. The molecule has 6 N–H and O–H groups in total. The van der Waals surface area contributed by atoms with Crippen molar-refractivity contribution in [2.45, 2.75) is 69.9 Å². The molecule has 0 unspecified atom stereocenters. The molecule has 1 saturated heterocycles. The average Bonchev–Trinajstić information content (AvgIpc) is 3.64. The first-order valence-corrected chi connectivity index (χ1v) is 17.2. The zero-order chi connectivity index (χ0) is 35.9. The molecule has 3 aromatic rings. The van der Waals surface area contributed by atoms with Crippen LogP contribution in [0, 0.1) is 0 Å². The average molecular weight is 721 g/mol. The Morgan fingerprint density at radius 1 is 1.35 bits per heavy atom. The number of rotatable bonds is 13. The van der Waals surface area contributed by atoms with Gasteiger partial charge in [0.05, 0.1) is 23.8 Å². The van der Waals surface area contributed by atoms with Gasteiger partial charge in [-0.15, -0.1) is 16.0 Å². The summed E-state index contributed by atoms with van der Waals surface area (Å²) in [4.78, 5) is 48.4. The second kappa shape index (κ2) is 13.3. The summed E-state index contributed by atoms with van der Waals surface area (Å²) in [6.45, 7) is 5.31. The van der Waals surface area contributed by atoms with Crippen molar-refractivity contribution in [3.63, 3.8) is 0 Å². The second-order valence-electron chi connectivity index (χ2n) is 12.3. The number of oxime groups is 1. The number of amides is 2. The fraction of sp³-hybridized carbons (Fsp3) is 0.448. The number of fused-ring (bicyclic) bond motifs is 1. The van der Waals surface area contributed by atoms with Crippen LogP contribution >= 0.6 is 11.3 Å². The Labute approximate surface area is 285 Å². The van der Waals surface area contributed by atoms with Gasteiger partial charge in [0.1, 0.15) is 17.5 Å². The zero-order valence-electron chi connectivity index (χ0n) is 27.0. The van der Waals surface area contributed by atoms with Gasteiger partial charge in [-0.2, -0.15) is 14.0 Å². The minimum absolute atomic E-state index is 0.0595. The number of nitrogen functional groups attached to an aromatic ring is 1. The standard InChI is InChI=1S/C29H36N8O10S2/c1-28(2)23(25(39)37(28)47-49(42,43)44)33-24(38)22(19-15-48-27(31)32-19)34-46-29(3,26(40)41)21-9-7-17-12-16(6-8-20(17)45-21)18-13-35(4)36(14-18)11-5-10-30/h6,8,12-15,21,23H,5,7,9-11,30H2,1-4H3,(H4-,31,32,33,38,40,41,42,43,44)/b34-22-/t21-,23-,29+/m1/s1. The van der Waals surface area contributed by atoms with Crippen LogP contribution in [0.5, 0.6) is 5.75 Å². The smallest absolute Gasteiger partial charge is 0.354 e. The van der Waals surface area contributed by atoms with E-state index in [0.29, 0.717) is 23.8 Å². The molecular weight excluding hydrogens is 684 g/mol. The number of hydrogen-bond acceptors (Lipinski definition) is 14. The molecule has 2 aliphatic heterocycles. The Kier molecular flexibility index (Phi) is 9.72. The van der Waals surface area contributed by atoms with E-state index in [1.54, 1.807) is 6.07 Å². The first-order chi connectivity index (χ1) is 22.9. The Morgan fingerprint density at radius 3 is 2.69 bits per heavy atom. The summed E-state index contributed by atoms with van der Waals surface area (Å²) in [6, 6.07) is 4.27. The molecule has 0 bridgehead atoms. The summed E-state index contributed by atoms with van der Waals surface area (Å²) < 4.78 is 47.6. The summed E-state index contributed by atoms with van der Waals surface area (Å²) in [7, 11) is -3.33. The quantitative estimate of drug-likeness (QED) is 0.0447. The van der Waals surface area contributed by atoms with Gasteiger partial charge in [-0.25, -0.2) is 18.2 Å². The van der Waals surface area contributed by atoms with E-state index in [4.69, 9.17) is 21.0 Å². The Balaban J connectivity index is 1.36. The highest BCUT2D eigenvalue weighted by molar-refractivity contribution is 7.80. The fourth-order valence-electron chi connectivity index (χ4n) is 5.53. The number of aliphatic carboxylic acids is 1. The van der Waals surface area contributed by atoms with Crippen LogP contribution in [-0.2, 0) is 53.9 Å². The first-order valence-electron chi connectivity index (χ1n) is 15.0. The lowest BCUT2D eigenvalue weighted by molar-refractivity contribution is -0.753. The van der Waals surface area contributed by atoms with Gasteiger partial charge in [-0.05, 0) is 69.8 Å². The molecule has 1 aromatic carbocycles. The molecule has 1 fully saturated rings. The number of hydrogen-bond donors (Lipinski definition) is 4. The van der Waals surface area contributed by atoms with Crippen molar-refractivity contribution in [3.8, 4) is 16.9 Å². The van der Waals surface area contributed by atoms with Gasteiger partial charge in [-0.1, -0.05) is 11.2 Å². The highest BCUT2D eigenvalue weighted by Crippen LogP contribution is 2.37. The summed E-state index contributed by atoms with van der Waals surface area (Å²) in [5.41, 5.74) is 10.1. The number of nitrogens with two attached hydrogens (primary N) is 2. The van der Waals surface area contributed by atoms with Crippen molar-refractivity contribution in [1.29, 1.82) is 0 Å². The first kappa shape index (κ1) is 35.7. The lowest BCUT2D eigenvalue weighted by atomic mass is 9.84. The number of carboxylic acid groups (broad SMARTS) is 1. The number of ether oxygens (including phenoxy) is 1. The maximum absolute atomic E-state index is 13.5. The molecule has 20 heteroatoms. The van der Waals surface area contributed by atoms with Crippen LogP contribution in [0.15, 0.2) is 41.1 Å². The van der Waals surface area contributed by atoms with Crippen molar-refractivity contribution in [2.75, 3.05) is 12.3 Å². The van der Waals surface area contributed by atoms with Crippen LogP contribution in [0.4, 0.5) is 5.13 Å². The van der Waals surface area contributed by atoms with E-state index in [9.17, 15) is 32.5 Å². The molecule has 2 aromatic heterocycles. The highest BCUT2D eigenvalue weighted by atomic mass is 32.3. The molecule has 0 radical (unpaired) electrons. The minimum Gasteiger partial charge on any atom is -0.724 e. The van der Waals surface area contributed by atoms with E-state index < -0.39 is 57.2 Å². The number of nitrogens with zero attached hydrogens (tertiary/aromatic N) is 5. The van der Waals surface area contributed by atoms with Gasteiger partial charge >= 0.3 is 5.97 Å². The monoisotopic (exact) mass is 720 g/mol. The van der Waals surface area contributed by atoms with E-state index in [0.717, 1.165) is 41.0 Å². The Bertz CT molecular complexity index is 1920. The lowest BCUT2D eigenvalue weighted by Crippen LogP contribution is -2.76. The molecule has 264 valence electrons. The number of benzene rings is 1. The zero-order valence-corrected chi connectivity index (χ0v) is 28.6. The number of hydroxylamine groups is 2. The molecule has 0 saturated carbocycles. The molecular formula is C29H36N8O10S2. The third-order valence-corrected chi connectivity index (χ3v) is 9.42. The van der Waals surface area contributed by atoms with Gasteiger partial charge in [0.25, 0.3) is 17.4 Å². The van der Waals surface area contributed by atoms with Crippen molar-refractivity contribution in [1.82, 2.24) is 20.0 Å². The predicted molar refractivity (Wildman–Crippen MR) is 171 cm³/mol. The third kappa shape index (κ3) is 7.22. The minimum atomic E-state index is -5.27. The highest BCUT2D eigenvalue weighted by Gasteiger charge is 2.57. The van der Waals surface area contributed by atoms with Crippen molar-refractivity contribution < 1.29 is 51.0 Å². The number of thiazole rings is 1. The van der Waals surface area contributed by atoms with E-state index in [1.807, 2.05) is 36.3 Å². The fourth-order valence-corrected chi connectivity index (χ4v) is 6.53. The number of anilines is 1. The summed E-state index contributed by atoms with van der Waals surface area (Å²) in [5, 5.41) is 18.4. The number of aromatic nitrogens is 3. The molecule has 18 nitrogen and oxygen atoms in total. The summed E-state index contributed by atoms with van der Waals surface area (Å²) in [5.74, 6) is -3.01. The molecule has 2 aliphatic rings. The topological polar surface area (TPSA) is 258 Å². The van der Waals surface area contributed by atoms with Gasteiger partial charge in [0.15, 0.2) is 24.0 Å².